The summed E-state index contributed by atoms with van der Waals surface area (Å²) in [5, 5.41) is 0. The van der Waals surface area contributed by atoms with Crippen LogP contribution < -0.4 is 0 Å². The Morgan fingerprint density at radius 1 is 0.875 bits per heavy atom. The van der Waals surface area contributed by atoms with Crippen molar-refractivity contribution in [3.63, 3.8) is 0 Å². The molecule has 124 valence electrons. The third kappa shape index (κ3) is 3.71. The van der Waals surface area contributed by atoms with E-state index in [1.54, 1.807) is 0 Å². The quantitative estimate of drug-likeness (QED) is 0.813. The standard InChI is InChI=1S/C20H22N2O2/c1-16-7-5-6-10-18(16)20(24)22-13-11-21(12-14-22)15-19(23)17-8-3-2-4-9-17/h2-10H,11-15H2,1H3. The van der Waals surface area contributed by atoms with E-state index < -0.39 is 0 Å². The summed E-state index contributed by atoms with van der Waals surface area (Å²) in [7, 11) is 0. The molecular formula is C20H22N2O2. The number of rotatable bonds is 4. The van der Waals surface area contributed by atoms with E-state index in [4.69, 9.17) is 0 Å². The Kier molecular flexibility index (Phi) is 5.06. The van der Waals surface area contributed by atoms with E-state index in [0.29, 0.717) is 19.6 Å². The van der Waals surface area contributed by atoms with Crippen LogP contribution in [-0.2, 0) is 0 Å². The van der Waals surface area contributed by atoms with Crippen LogP contribution in [-0.4, -0.2) is 54.2 Å². The molecule has 0 saturated carbocycles. The second kappa shape index (κ2) is 7.41. The maximum absolute atomic E-state index is 12.6. The highest BCUT2D eigenvalue weighted by molar-refractivity contribution is 5.97. The van der Waals surface area contributed by atoms with E-state index in [1.807, 2.05) is 66.4 Å². The maximum Gasteiger partial charge on any atom is 0.254 e. The Morgan fingerprint density at radius 2 is 1.50 bits per heavy atom. The number of carbonyl (C=O) groups excluding carboxylic acids is 2. The number of benzene rings is 2. The van der Waals surface area contributed by atoms with Crippen molar-refractivity contribution in [2.45, 2.75) is 6.92 Å². The Balaban J connectivity index is 1.55. The lowest BCUT2D eigenvalue weighted by Gasteiger charge is -2.34. The summed E-state index contributed by atoms with van der Waals surface area (Å²) < 4.78 is 0. The van der Waals surface area contributed by atoms with Crippen molar-refractivity contribution in [1.29, 1.82) is 0 Å². The average molecular weight is 322 g/mol. The molecule has 0 aliphatic carbocycles. The fourth-order valence-electron chi connectivity index (χ4n) is 3.01. The molecule has 0 atom stereocenters. The van der Waals surface area contributed by atoms with Gasteiger partial charge < -0.3 is 4.90 Å². The van der Waals surface area contributed by atoms with Gasteiger partial charge in [-0.2, -0.15) is 0 Å². The van der Waals surface area contributed by atoms with E-state index in [2.05, 4.69) is 4.90 Å². The number of hydrogen-bond donors (Lipinski definition) is 0. The monoisotopic (exact) mass is 322 g/mol. The van der Waals surface area contributed by atoms with Gasteiger partial charge in [-0.1, -0.05) is 48.5 Å². The number of aryl methyl sites for hydroxylation is 1. The fraction of sp³-hybridized carbons (Fsp3) is 0.300. The van der Waals surface area contributed by atoms with Gasteiger partial charge in [-0.3, -0.25) is 14.5 Å². The van der Waals surface area contributed by atoms with E-state index in [1.165, 1.54) is 0 Å². The first kappa shape index (κ1) is 16.4. The summed E-state index contributed by atoms with van der Waals surface area (Å²) in [5.41, 5.74) is 2.52. The molecule has 0 spiro atoms. The molecule has 1 fully saturated rings. The van der Waals surface area contributed by atoms with Gasteiger partial charge in [0.25, 0.3) is 5.91 Å². The molecule has 24 heavy (non-hydrogen) atoms. The highest BCUT2D eigenvalue weighted by atomic mass is 16.2. The maximum atomic E-state index is 12.6. The van der Waals surface area contributed by atoms with Crippen molar-refractivity contribution in [3.05, 3.63) is 71.3 Å². The number of piperazine rings is 1. The largest absolute Gasteiger partial charge is 0.336 e. The highest BCUT2D eigenvalue weighted by Crippen LogP contribution is 2.13. The van der Waals surface area contributed by atoms with Gasteiger partial charge in [0.05, 0.1) is 6.54 Å². The van der Waals surface area contributed by atoms with Crippen molar-refractivity contribution < 1.29 is 9.59 Å². The van der Waals surface area contributed by atoms with Crippen LogP contribution >= 0.6 is 0 Å². The Morgan fingerprint density at radius 3 is 2.17 bits per heavy atom. The molecular weight excluding hydrogens is 300 g/mol. The van der Waals surface area contributed by atoms with Crippen LogP contribution in [0.2, 0.25) is 0 Å². The summed E-state index contributed by atoms with van der Waals surface area (Å²) in [5.74, 6) is 0.219. The van der Waals surface area contributed by atoms with Crippen LogP contribution in [0.15, 0.2) is 54.6 Å². The van der Waals surface area contributed by atoms with Crippen molar-refractivity contribution >= 4 is 11.7 Å². The molecule has 0 unspecified atom stereocenters. The highest BCUT2D eigenvalue weighted by Gasteiger charge is 2.24. The van der Waals surface area contributed by atoms with Gasteiger partial charge in [-0.05, 0) is 18.6 Å². The van der Waals surface area contributed by atoms with Crippen LogP contribution in [0.25, 0.3) is 0 Å². The Labute approximate surface area is 142 Å². The lowest BCUT2D eigenvalue weighted by molar-refractivity contribution is 0.0624. The molecule has 0 bridgehead atoms. The summed E-state index contributed by atoms with van der Waals surface area (Å²) in [6.07, 6.45) is 0. The first-order valence-corrected chi connectivity index (χ1v) is 8.30. The van der Waals surface area contributed by atoms with E-state index in [-0.39, 0.29) is 11.7 Å². The summed E-state index contributed by atoms with van der Waals surface area (Å²) in [6.45, 7) is 5.16. The molecule has 4 heteroatoms. The number of hydrogen-bond acceptors (Lipinski definition) is 3. The Hall–Kier alpha value is -2.46. The number of amides is 1. The third-order valence-corrected chi connectivity index (χ3v) is 4.50. The van der Waals surface area contributed by atoms with Gasteiger partial charge in [-0.25, -0.2) is 0 Å². The molecule has 1 heterocycles. The van der Waals surface area contributed by atoms with Gasteiger partial charge in [0, 0.05) is 37.3 Å². The first-order valence-electron chi connectivity index (χ1n) is 8.30. The molecule has 0 aromatic heterocycles. The minimum absolute atomic E-state index is 0.0853. The topological polar surface area (TPSA) is 40.6 Å². The number of nitrogens with zero attached hydrogens (tertiary/aromatic N) is 2. The minimum atomic E-state index is 0.0853. The van der Waals surface area contributed by atoms with E-state index in [9.17, 15) is 9.59 Å². The SMILES string of the molecule is Cc1ccccc1C(=O)N1CCN(CC(=O)c2ccccc2)CC1. The van der Waals surface area contributed by atoms with Crippen molar-refractivity contribution in [3.8, 4) is 0 Å². The zero-order valence-corrected chi connectivity index (χ0v) is 13.9. The Bertz CT molecular complexity index is 719. The smallest absolute Gasteiger partial charge is 0.254 e. The number of ketones is 1. The molecule has 1 saturated heterocycles. The molecule has 4 nitrogen and oxygen atoms in total. The normalized spacial score (nSPS) is 15.3. The molecule has 1 amide bonds. The summed E-state index contributed by atoms with van der Waals surface area (Å²) in [6, 6.07) is 17.0. The lowest BCUT2D eigenvalue weighted by Crippen LogP contribution is -2.50. The second-order valence-electron chi connectivity index (χ2n) is 6.17. The zero-order valence-electron chi connectivity index (χ0n) is 13.9. The molecule has 2 aromatic rings. The average Bonchev–Trinajstić information content (AvgIpc) is 2.63. The predicted molar refractivity (Wildman–Crippen MR) is 94.3 cm³/mol. The predicted octanol–water partition coefficient (Wildman–Crippen LogP) is 2.64. The van der Waals surface area contributed by atoms with Gasteiger partial charge in [0.15, 0.2) is 5.78 Å². The molecule has 3 rings (SSSR count). The minimum Gasteiger partial charge on any atom is -0.336 e. The van der Waals surface area contributed by atoms with Gasteiger partial charge in [0.1, 0.15) is 0 Å². The van der Waals surface area contributed by atoms with Crippen molar-refractivity contribution in [1.82, 2.24) is 9.80 Å². The molecule has 1 aliphatic rings. The molecule has 1 aliphatic heterocycles. The third-order valence-electron chi connectivity index (χ3n) is 4.50. The number of Topliss-reactive ketones (excluding diaryl/α,β-unsaturated/α-hetero) is 1. The molecule has 2 aromatic carbocycles. The molecule has 0 N–H and O–H groups in total. The van der Waals surface area contributed by atoms with Crippen LogP contribution in [0.5, 0.6) is 0 Å². The van der Waals surface area contributed by atoms with Crippen LogP contribution in [0.1, 0.15) is 26.3 Å². The van der Waals surface area contributed by atoms with Gasteiger partial charge in [-0.15, -0.1) is 0 Å². The van der Waals surface area contributed by atoms with Crippen LogP contribution in [0.4, 0.5) is 0 Å². The van der Waals surface area contributed by atoms with Crippen molar-refractivity contribution in [2.75, 3.05) is 32.7 Å². The zero-order chi connectivity index (χ0) is 16.9. The van der Waals surface area contributed by atoms with Crippen LogP contribution in [0, 0.1) is 6.92 Å². The van der Waals surface area contributed by atoms with Crippen molar-refractivity contribution in [2.24, 2.45) is 0 Å². The van der Waals surface area contributed by atoms with E-state index >= 15 is 0 Å². The second-order valence-corrected chi connectivity index (χ2v) is 6.17. The summed E-state index contributed by atoms with van der Waals surface area (Å²) >= 11 is 0. The van der Waals surface area contributed by atoms with Gasteiger partial charge in [0.2, 0.25) is 0 Å². The van der Waals surface area contributed by atoms with Gasteiger partial charge >= 0.3 is 0 Å². The fourth-order valence-corrected chi connectivity index (χ4v) is 3.01. The lowest BCUT2D eigenvalue weighted by atomic mass is 10.1. The van der Waals surface area contributed by atoms with E-state index in [0.717, 1.165) is 29.8 Å². The van der Waals surface area contributed by atoms with Crippen LogP contribution in [0.3, 0.4) is 0 Å². The number of carbonyl (C=O) groups is 2. The first-order chi connectivity index (χ1) is 11.6. The summed E-state index contributed by atoms with van der Waals surface area (Å²) in [4.78, 5) is 28.9. The molecule has 0 radical (unpaired) electrons.